The highest BCUT2D eigenvalue weighted by Crippen LogP contribution is 2.24. The van der Waals surface area contributed by atoms with Crippen LogP contribution in [-0.2, 0) is 32.6 Å². The molecule has 39 heavy (non-hydrogen) atoms. The van der Waals surface area contributed by atoms with Gasteiger partial charge in [-0.05, 0) is 40.6 Å². The molecule has 1 fully saturated rings. The van der Waals surface area contributed by atoms with Gasteiger partial charge in [0.1, 0.15) is 30.5 Å². The lowest BCUT2D eigenvalue weighted by Crippen LogP contribution is -2.58. The zero-order valence-corrected chi connectivity index (χ0v) is 22.4. The van der Waals surface area contributed by atoms with Crippen LogP contribution in [0.4, 0.5) is 5.69 Å². The van der Waals surface area contributed by atoms with Crippen LogP contribution in [0.5, 0.6) is 0 Å². The van der Waals surface area contributed by atoms with Crippen molar-refractivity contribution in [2.45, 2.75) is 43.8 Å². The van der Waals surface area contributed by atoms with Crippen molar-refractivity contribution in [3.8, 4) is 6.07 Å². The summed E-state index contributed by atoms with van der Waals surface area (Å²) < 4.78 is 39.8. The van der Waals surface area contributed by atoms with Gasteiger partial charge >= 0.3 is 0 Å². The van der Waals surface area contributed by atoms with Gasteiger partial charge in [0.15, 0.2) is 11.2 Å². The van der Waals surface area contributed by atoms with Crippen LogP contribution in [0.3, 0.4) is 0 Å². The highest BCUT2D eigenvalue weighted by atomic mass is 32.2. The first-order valence-corrected chi connectivity index (χ1v) is 13.4. The van der Waals surface area contributed by atoms with Crippen LogP contribution in [0, 0.1) is 11.3 Å². The summed E-state index contributed by atoms with van der Waals surface area (Å²) in [6, 6.07) is 13.1. The van der Waals surface area contributed by atoms with Crippen LogP contribution in [0.15, 0.2) is 47.5 Å². The molecule has 0 radical (unpaired) electrons. The first-order valence-electron chi connectivity index (χ1n) is 12.0. The van der Waals surface area contributed by atoms with Gasteiger partial charge in [-0.25, -0.2) is 17.8 Å². The number of hydrogen-bond acceptors (Lipinski definition) is 11. The fraction of sp³-hybridized carbons (Fsp3) is 0.400. The first kappa shape index (κ1) is 28.6. The van der Waals surface area contributed by atoms with Crippen LogP contribution in [0.25, 0.3) is 16.8 Å². The van der Waals surface area contributed by atoms with Crippen molar-refractivity contribution in [2.75, 3.05) is 26.1 Å². The molecule has 1 aromatic heterocycles. The topological polar surface area (TPSA) is 183 Å². The lowest BCUT2D eigenvalue weighted by atomic mass is 9.99. The number of nitriles is 1. The van der Waals surface area contributed by atoms with Gasteiger partial charge in [0, 0.05) is 33.1 Å². The summed E-state index contributed by atoms with van der Waals surface area (Å²) in [6.45, 7) is -0.297. The van der Waals surface area contributed by atoms with Gasteiger partial charge in [-0.1, -0.05) is 23.4 Å². The Bertz CT molecular complexity index is 1500. The summed E-state index contributed by atoms with van der Waals surface area (Å²) in [5.41, 5.74) is 1.83. The van der Waals surface area contributed by atoms with E-state index >= 15 is 0 Å². The Morgan fingerprint density at radius 3 is 2.59 bits per heavy atom. The molecule has 3 aromatic rings. The molecule has 2 aromatic carbocycles. The minimum atomic E-state index is -4.17. The summed E-state index contributed by atoms with van der Waals surface area (Å²) >= 11 is 0. The molecule has 13 nitrogen and oxygen atoms in total. The molecule has 2 heterocycles. The largest absolute Gasteiger partial charge is 0.388 e. The van der Waals surface area contributed by atoms with E-state index in [1.165, 1.54) is 24.1 Å². The van der Waals surface area contributed by atoms with E-state index in [0.717, 1.165) is 16.5 Å². The normalized spacial score (nSPS) is 24.0. The lowest BCUT2D eigenvalue weighted by Gasteiger charge is -2.39. The van der Waals surface area contributed by atoms with Crippen LogP contribution in [-0.4, -0.2) is 90.6 Å². The van der Waals surface area contributed by atoms with E-state index in [2.05, 4.69) is 15.0 Å². The van der Waals surface area contributed by atoms with Crippen molar-refractivity contribution in [2.24, 2.45) is 0 Å². The minimum absolute atomic E-state index is 0.0497. The van der Waals surface area contributed by atoms with Crippen molar-refractivity contribution >= 4 is 32.6 Å². The third-order valence-electron chi connectivity index (χ3n) is 6.36. The quantitative estimate of drug-likeness (QED) is 0.258. The molecule has 0 saturated carbocycles. The molecule has 208 valence electrons. The molecule has 4 rings (SSSR count). The number of rotatable bonds is 9. The van der Waals surface area contributed by atoms with E-state index in [-0.39, 0.29) is 18.8 Å². The minimum Gasteiger partial charge on any atom is -0.388 e. The lowest BCUT2D eigenvalue weighted by molar-refractivity contribution is -0.292. The molecule has 1 saturated heterocycles. The van der Waals surface area contributed by atoms with Crippen molar-refractivity contribution < 1.29 is 33.2 Å². The number of allylic oxidation sites excluding steroid dienone is 1. The Morgan fingerprint density at radius 2 is 1.90 bits per heavy atom. The van der Waals surface area contributed by atoms with Crippen molar-refractivity contribution in [1.82, 2.24) is 19.7 Å². The average Bonchev–Trinajstić information content (AvgIpc) is 3.37. The number of aliphatic hydroxyl groups is 3. The van der Waals surface area contributed by atoms with Gasteiger partial charge in [0.2, 0.25) is 0 Å². The maximum Gasteiger partial charge on any atom is 0.251 e. The number of nitrogens with one attached hydrogen (secondary N) is 1. The van der Waals surface area contributed by atoms with Crippen LogP contribution < -0.4 is 9.62 Å². The Hall–Kier alpha value is -3.42. The zero-order valence-electron chi connectivity index (χ0n) is 21.5. The molecule has 0 bridgehead atoms. The standard InChI is InChI=1S/C25H30N6O7S/c1-30(2)19-7-6-16-8-15(4-5-17(16)10-19)9-20(11-26)39(35,36)27-12-18-13-31(29-28-18)14-21-22(32)23(33)24(34)25(37-3)38-21/h4-10,13,21-25,27,32-34H,12,14H2,1-3H3/b20-9+/t21-,22-,23+,24-,25+/m1/s1. The van der Waals surface area contributed by atoms with Gasteiger partial charge in [0.05, 0.1) is 18.8 Å². The van der Waals surface area contributed by atoms with E-state index < -0.39 is 45.6 Å². The monoisotopic (exact) mass is 558 g/mol. The Morgan fingerprint density at radius 1 is 1.18 bits per heavy atom. The number of aliphatic hydroxyl groups excluding tert-OH is 3. The molecule has 0 aliphatic carbocycles. The summed E-state index contributed by atoms with van der Waals surface area (Å²) in [7, 11) is 1.01. The number of nitrogens with zero attached hydrogens (tertiary/aromatic N) is 5. The van der Waals surface area contributed by atoms with Crippen molar-refractivity contribution in [3.63, 3.8) is 0 Å². The third-order valence-corrected chi connectivity index (χ3v) is 7.67. The van der Waals surface area contributed by atoms with E-state index in [1.54, 1.807) is 18.2 Å². The van der Waals surface area contributed by atoms with Crippen molar-refractivity contribution in [1.29, 1.82) is 5.26 Å². The van der Waals surface area contributed by atoms with Gasteiger partial charge in [-0.2, -0.15) is 5.26 Å². The predicted octanol–water partition coefficient (Wildman–Crippen LogP) is -0.0646. The second kappa shape index (κ2) is 11.8. The summed E-state index contributed by atoms with van der Waals surface area (Å²) in [6.07, 6.45) is -3.70. The van der Waals surface area contributed by atoms with Gasteiger partial charge < -0.3 is 29.7 Å². The maximum atomic E-state index is 12.8. The highest BCUT2D eigenvalue weighted by molar-refractivity contribution is 7.93. The van der Waals surface area contributed by atoms with Crippen LogP contribution >= 0.6 is 0 Å². The van der Waals surface area contributed by atoms with Crippen molar-refractivity contribution in [3.05, 3.63) is 58.8 Å². The molecule has 1 aliphatic heterocycles. The Kier molecular flexibility index (Phi) is 8.62. The molecule has 14 heteroatoms. The molecular weight excluding hydrogens is 528 g/mol. The smallest absolute Gasteiger partial charge is 0.251 e. The Labute approximate surface area is 225 Å². The summed E-state index contributed by atoms with van der Waals surface area (Å²) in [4.78, 5) is 1.52. The van der Waals surface area contributed by atoms with E-state index in [1.807, 2.05) is 43.3 Å². The van der Waals surface area contributed by atoms with Gasteiger partial charge in [0.25, 0.3) is 10.0 Å². The van der Waals surface area contributed by atoms with Gasteiger partial charge in [-0.3, -0.25) is 0 Å². The van der Waals surface area contributed by atoms with Gasteiger partial charge in [-0.15, -0.1) is 5.10 Å². The zero-order chi connectivity index (χ0) is 28.3. The second-order valence-corrected chi connectivity index (χ2v) is 11.0. The third kappa shape index (κ3) is 6.43. The molecule has 5 atom stereocenters. The van der Waals surface area contributed by atoms with Crippen LogP contribution in [0.2, 0.25) is 0 Å². The molecule has 1 aliphatic rings. The number of methoxy groups -OCH3 is 1. The number of benzene rings is 2. The molecule has 0 amide bonds. The fourth-order valence-electron chi connectivity index (χ4n) is 4.14. The average molecular weight is 559 g/mol. The molecule has 0 spiro atoms. The van der Waals surface area contributed by atoms with E-state index in [4.69, 9.17) is 9.47 Å². The van der Waals surface area contributed by atoms with E-state index in [0.29, 0.717) is 5.56 Å². The molecule has 4 N–H and O–H groups in total. The second-order valence-electron chi connectivity index (χ2n) is 9.31. The summed E-state index contributed by atoms with van der Waals surface area (Å²) in [5, 5.41) is 49.4. The highest BCUT2D eigenvalue weighted by Gasteiger charge is 2.44. The van der Waals surface area contributed by atoms with Crippen LogP contribution in [0.1, 0.15) is 11.3 Å². The first-order chi connectivity index (χ1) is 18.5. The SMILES string of the molecule is CO[C@H]1O[C@H](Cn2cc(CNS(=O)(=O)/C(C#N)=C/c3ccc4cc(N(C)C)ccc4c3)nn2)[C@@H](O)[C@H](O)[C@H]1O. The summed E-state index contributed by atoms with van der Waals surface area (Å²) in [5.74, 6) is 0. The number of ether oxygens (including phenoxy) is 2. The number of anilines is 1. The number of aromatic nitrogens is 3. The fourth-order valence-corrected chi connectivity index (χ4v) is 5.05. The number of fused-ring (bicyclic) bond motifs is 1. The maximum absolute atomic E-state index is 12.8. The van der Waals surface area contributed by atoms with E-state index in [9.17, 15) is 29.0 Å². The predicted molar refractivity (Wildman–Crippen MR) is 141 cm³/mol. The number of hydrogen-bond donors (Lipinski definition) is 4. The molecule has 0 unspecified atom stereocenters. The molecular formula is C25H30N6O7S. The number of sulfonamides is 1. The Balaban J connectivity index is 1.43.